The molecule has 1 aromatic carbocycles. The van der Waals surface area contributed by atoms with E-state index in [9.17, 15) is 4.79 Å². The van der Waals surface area contributed by atoms with Gasteiger partial charge in [-0.3, -0.25) is 4.79 Å². The highest BCUT2D eigenvalue weighted by atomic mass is 16.5. The normalized spacial score (nSPS) is 11.2. The molecule has 5 nitrogen and oxygen atoms in total. The van der Waals surface area contributed by atoms with Crippen LogP contribution in [0.15, 0.2) is 18.2 Å². The molecule has 5 heteroatoms. The Labute approximate surface area is 125 Å². The number of ether oxygens (including phenoxy) is 2. The fourth-order valence-corrected chi connectivity index (χ4v) is 1.70. The van der Waals surface area contributed by atoms with Crippen molar-refractivity contribution in [1.29, 1.82) is 0 Å². The molecule has 0 radical (unpaired) electrons. The van der Waals surface area contributed by atoms with Crippen LogP contribution in [0.5, 0.6) is 5.75 Å². The maximum Gasteiger partial charge on any atom is 0.224 e. The van der Waals surface area contributed by atoms with Crippen LogP contribution >= 0.6 is 0 Å². The summed E-state index contributed by atoms with van der Waals surface area (Å²) in [6.45, 7) is 2.22. The van der Waals surface area contributed by atoms with Crippen molar-refractivity contribution in [1.82, 2.24) is 0 Å². The van der Waals surface area contributed by atoms with Gasteiger partial charge in [0.15, 0.2) is 0 Å². The Bertz CT molecular complexity index is 532. The second kappa shape index (κ2) is 9.01. The van der Waals surface area contributed by atoms with Gasteiger partial charge in [0, 0.05) is 19.1 Å². The summed E-state index contributed by atoms with van der Waals surface area (Å²) in [6, 6.07) is 5.37. The lowest BCUT2D eigenvalue weighted by Gasteiger charge is -2.12. The van der Waals surface area contributed by atoms with E-state index in [-0.39, 0.29) is 12.0 Å². The van der Waals surface area contributed by atoms with Gasteiger partial charge in [-0.1, -0.05) is 11.8 Å². The Morgan fingerprint density at radius 1 is 1.43 bits per heavy atom. The summed E-state index contributed by atoms with van der Waals surface area (Å²) in [5.74, 6) is 6.22. The van der Waals surface area contributed by atoms with Gasteiger partial charge < -0.3 is 20.5 Å². The van der Waals surface area contributed by atoms with Gasteiger partial charge in [0.2, 0.25) is 5.91 Å². The average Bonchev–Trinajstić information content (AvgIpc) is 2.50. The van der Waals surface area contributed by atoms with Gasteiger partial charge in [0.1, 0.15) is 5.75 Å². The van der Waals surface area contributed by atoms with Crippen molar-refractivity contribution in [2.24, 2.45) is 5.73 Å². The van der Waals surface area contributed by atoms with Crippen LogP contribution in [0.25, 0.3) is 0 Å². The number of benzene rings is 1. The largest absolute Gasteiger partial charge is 0.495 e. The lowest BCUT2D eigenvalue weighted by Crippen LogP contribution is -2.15. The molecule has 114 valence electrons. The fraction of sp³-hybridized carbons (Fsp3) is 0.438. The molecule has 3 N–H and O–H groups in total. The minimum Gasteiger partial charge on any atom is -0.495 e. The third-order valence-corrected chi connectivity index (χ3v) is 2.99. The van der Waals surface area contributed by atoms with Crippen molar-refractivity contribution in [2.75, 3.05) is 26.1 Å². The molecule has 1 rings (SSSR count). The highest BCUT2D eigenvalue weighted by Crippen LogP contribution is 2.25. The summed E-state index contributed by atoms with van der Waals surface area (Å²) in [5.41, 5.74) is 6.74. The molecular formula is C16H22N2O3. The fourth-order valence-electron chi connectivity index (χ4n) is 1.70. The van der Waals surface area contributed by atoms with Gasteiger partial charge in [0.05, 0.1) is 25.4 Å². The molecule has 1 unspecified atom stereocenters. The zero-order chi connectivity index (χ0) is 15.7. The van der Waals surface area contributed by atoms with Crippen LogP contribution in [-0.2, 0) is 9.53 Å². The van der Waals surface area contributed by atoms with E-state index in [0.717, 1.165) is 5.56 Å². The standard InChI is InChI=1S/C16H22N2O3/c1-12(20-2)6-9-16(19)18-14-11-13(5-4-10-17)7-8-15(14)21-3/h7-8,11-12H,6,9-10,17H2,1-3H3,(H,18,19). The van der Waals surface area contributed by atoms with Crippen LogP contribution in [0, 0.1) is 11.8 Å². The lowest BCUT2D eigenvalue weighted by molar-refractivity contribution is -0.116. The molecule has 0 saturated heterocycles. The van der Waals surface area contributed by atoms with E-state index in [1.807, 2.05) is 13.0 Å². The number of amides is 1. The van der Waals surface area contributed by atoms with E-state index in [1.54, 1.807) is 26.4 Å². The maximum absolute atomic E-state index is 11.9. The molecule has 1 atom stereocenters. The molecule has 1 aromatic rings. The van der Waals surface area contributed by atoms with Crippen LogP contribution in [0.3, 0.4) is 0 Å². The van der Waals surface area contributed by atoms with E-state index < -0.39 is 0 Å². The molecule has 21 heavy (non-hydrogen) atoms. The quantitative estimate of drug-likeness (QED) is 0.783. The number of hydrogen-bond acceptors (Lipinski definition) is 4. The molecule has 0 saturated carbocycles. The predicted molar refractivity (Wildman–Crippen MR) is 83.3 cm³/mol. The second-order valence-corrected chi connectivity index (χ2v) is 4.55. The van der Waals surface area contributed by atoms with Gasteiger partial charge in [0.25, 0.3) is 0 Å². The lowest BCUT2D eigenvalue weighted by atomic mass is 10.1. The molecule has 0 heterocycles. The van der Waals surface area contributed by atoms with Crippen molar-refractivity contribution >= 4 is 11.6 Å². The summed E-state index contributed by atoms with van der Waals surface area (Å²) in [5, 5.41) is 2.84. The summed E-state index contributed by atoms with van der Waals surface area (Å²) < 4.78 is 10.4. The molecule has 0 aliphatic carbocycles. The highest BCUT2D eigenvalue weighted by Gasteiger charge is 2.10. The number of nitrogens with one attached hydrogen (secondary N) is 1. The molecule has 0 aliphatic rings. The van der Waals surface area contributed by atoms with Gasteiger partial charge in [-0.25, -0.2) is 0 Å². The average molecular weight is 290 g/mol. The number of anilines is 1. The van der Waals surface area contributed by atoms with Crippen molar-refractivity contribution in [3.8, 4) is 17.6 Å². The van der Waals surface area contributed by atoms with Gasteiger partial charge >= 0.3 is 0 Å². The van der Waals surface area contributed by atoms with Gasteiger partial charge in [-0.15, -0.1) is 0 Å². The second-order valence-electron chi connectivity index (χ2n) is 4.55. The SMILES string of the molecule is COc1ccc(C#CCN)cc1NC(=O)CCC(C)OC. The zero-order valence-corrected chi connectivity index (χ0v) is 12.7. The molecule has 0 aromatic heterocycles. The first-order chi connectivity index (χ1) is 10.1. The third kappa shape index (κ3) is 5.86. The molecule has 0 aliphatic heterocycles. The van der Waals surface area contributed by atoms with E-state index in [2.05, 4.69) is 17.2 Å². The Balaban J connectivity index is 2.77. The number of rotatable bonds is 6. The van der Waals surface area contributed by atoms with Crippen LogP contribution < -0.4 is 15.8 Å². The first-order valence-electron chi connectivity index (χ1n) is 6.80. The highest BCUT2D eigenvalue weighted by molar-refractivity contribution is 5.92. The van der Waals surface area contributed by atoms with Gasteiger partial charge in [-0.2, -0.15) is 0 Å². The monoisotopic (exact) mass is 290 g/mol. The Hall–Kier alpha value is -2.03. The van der Waals surface area contributed by atoms with Crippen molar-refractivity contribution < 1.29 is 14.3 Å². The van der Waals surface area contributed by atoms with Crippen LogP contribution in [0.4, 0.5) is 5.69 Å². The smallest absolute Gasteiger partial charge is 0.224 e. The van der Waals surface area contributed by atoms with E-state index >= 15 is 0 Å². The minimum atomic E-state index is -0.0823. The topological polar surface area (TPSA) is 73.6 Å². The molecular weight excluding hydrogens is 268 g/mol. The van der Waals surface area contributed by atoms with Crippen molar-refractivity contribution in [3.63, 3.8) is 0 Å². The van der Waals surface area contributed by atoms with Crippen molar-refractivity contribution in [2.45, 2.75) is 25.9 Å². The number of methoxy groups -OCH3 is 2. The summed E-state index contributed by atoms with van der Waals surface area (Å²) in [7, 11) is 3.19. The van der Waals surface area contributed by atoms with Crippen LogP contribution in [0.2, 0.25) is 0 Å². The third-order valence-electron chi connectivity index (χ3n) is 2.99. The van der Waals surface area contributed by atoms with Crippen molar-refractivity contribution in [3.05, 3.63) is 23.8 Å². The molecule has 1 amide bonds. The summed E-state index contributed by atoms with van der Waals surface area (Å²) in [4.78, 5) is 11.9. The zero-order valence-electron chi connectivity index (χ0n) is 12.7. The van der Waals surface area contributed by atoms with Gasteiger partial charge in [-0.05, 0) is 31.5 Å². The number of nitrogens with two attached hydrogens (primary N) is 1. The molecule has 0 spiro atoms. The summed E-state index contributed by atoms with van der Waals surface area (Å²) in [6.07, 6.45) is 1.10. The summed E-state index contributed by atoms with van der Waals surface area (Å²) >= 11 is 0. The van der Waals surface area contributed by atoms with E-state index in [1.165, 1.54) is 0 Å². The first kappa shape index (κ1) is 17.0. The van der Waals surface area contributed by atoms with E-state index in [0.29, 0.717) is 30.8 Å². The minimum absolute atomic E-state index is 0.0550. The Kier molecular flexibility index (Phi) is 7.30. The number of carbonyl (C=O) groups excluding carboxylic acids is 1. The van der Waals surface area contributed by atoms with Crippen LogP contribution in [0.1, 0.15) is 25.3 Å². The Morgan fingerprint density at radius 3 is 2.81 bits per heavy atom. The number of hydrogen-bond donors (Lipinski definition) is 2. The maximum atomic E-state index is 11.9. The Morgan fingerprint density at radius 2 is 2.19 bits per heavy atom. The molecule has 0 bridgehead atoms. The van der Waals surface area contributed by atoms with E-state index in [4.69, 9.17) is 15.2 Å². The van der Waals surface area contributed by atoms with Crippen LogP contribution in [-0.4, -0.2) is 32.8 Å². The number of carbonyl (C=O) groups is 1. The molecule has 0 fully saturated rings. The predicted octanol–water partition coefficient (Wildman–Crippen LogP) is 1.76. The first-order valence-corrected chi connectivity index (χ1v) is 6.80.